The second-order valence-corrected chi connectivity index (χ2v) is 4.63. The second kappa shape index (κ2) is 4.75. The van der Waals surface area contributed by atoms with Crippen molar-refractivity contribution in [2.24, 2.45) is 0 Å². The molecule has 1 N–H and O–H groups in total. The lowest BCUT2D eigenvalue weighted by molar-refractivity contribution is 0.0690. The van der Waals surface area contributed by atoms with Crippen LogP contribution in [0.25, 0.3) is 0 Å². The molecule has 0 radical (unpaired) electrons. The van der Waals surface area contributed by atoms with E-state index in [-0.39, 0.29) is 5.56 Å². The van der Waals surface area contributed by atoms with E-state index >= 15 is 0 Å². The molecule has 0 aliphatic carbocycles. The van der Waals surface area contributed by atoms with Gasteiger partial charge in [0.25, 0.3) is 0 Å². The second-order valence-electron chi connectivity index (χ2n) is 4.63. The van der Waals surface area contributed by atoms with E-state index in [0.29, 0.717) is 18.3 Å². The maximum atomic E-state index is 11.1. The molecule has 0 bridgehead atoms. The summed E-state index contributed by atoms with van der Waals surface area (Å²) in [5.74, 6) is -0.0153. The first-order valence-corrected chi connectivity index (χ1v) is 5.73. The van der Waals surface area contributed by atoms with E-state index in [0.717, 1.165) is 18.5 Å². The summed E-state index contributed by atoms with van der Waals surface area (Å²) in [5, 5.41) is 9.12. The molecule has 4 heteroatoms. The van der Waals surface area contributed by atoms with Crippen molar-refractivity contribution in [1.82, 2.24) is 4.90 Å². The number of hydrogen-bond donors (Lipinski definition) is 1. The van der Waals surface area contributed by atoms with Gasteiger partial charge in [-0.15, -0.1) is 0 Å². The first kappa shape index (κ1) is 11.9. The molecule has 92 valence electrons. The maximum absolute atomic E-state index is 11.1. The monoisotopic (exact) mass is 235 g/mol. The van der Waals surface area contributed by atoms with Crippen LogP contribution in [-0.4, -0.2) is 43.2 Å². The number of para-hydroxylation sites is 1. The fourth-order valence-corrected chi connectivity index (χ4v) is 2.30. The highest BCUT2D eigenvalue weighted by atomic mass is 16.5. The largest absolute Gasteiger partial charge is 0.492 e. The van der Waals surface area contributed by atoms with Gasteiger partial charge in [-0.2, -0.15) is 0 Å². The van der Waals surface area contributed by atoms with Crippen molar-refractivity contribution in [3.05, 3.63) is 29.3 Å². The number of nitrogens with zero attached hydrogens (tertiary/aromatic N) is 1. The molecular formula is C13H17NO3. The van der Waals surface area contributed by atoms with Crippen LogP contribution in [0.1, 0.15) is 28.3 Å². The summed E-state index contributed by atoms with van der Waals surface area (Å²) in [5.41, 5.74) is 1.29. The van der Waals surface area contributed by atoms with Gasteiger partial charge in [-0.3, -0.25) is 0 Å². The maximum Gasteiger partial charge on any atom is 0.339 e. The van der Waals surface area contributed by atoms with E-state index in [9.17, 15) is 4.79 Å². The van der Waals surface area contributed by atoms with Crippen molar-refractivity contribution in [1.29, 1.82) is 0 Å². The predicted molar refractivity (Wildman–Crippen MR) is 64.8 cm³/mol. The number of benzene rings is 1. The Labute approximate surface area is 101 Å². The number of carboxylic acids is 1. The van der Waals surface area contributed by atoms with E-state index in [1.54, 1.807) is 12.1 Å². The van der Waals surface area contributed by atoms with Gasteiger partial charge in [-0.25, -0.2) is 4.79 Å². The lowest BCUT2D eigenvalue weighted by Gasteiger charge is -2.28. The van der Waals surface area contributed by atoms with Crippen LogP contribution in [0, 0.1) is 0 Å². The molecule has 1 aliphatic heterocycles. The van der Waals surface area contributed by atoms with Crippen LogP contribution in [-0.2, 0) is 0 Å². The SMILES string of the molecule is CN(C)CC1CCOc2c(C(=O)O)cccc21. The number of ether oxygens (including phenoxy) is 1. The van der Waals surface area contributed by atoms with Gasteiger partial charge < -0.3 is 14.7 Å². The number of rotatable bonds is 3. The molecule has 0 saturated carbocycles. The van der Waals surface area contributed by atoms with Crippen LogP contribution >= 0.6 is 0 Å². The Morgan fingerprint density at radius 2 is 2.29 bits per heavy atom. The quantitative estimate of drug-likeness (QED) is 0.868. The zero-order valence-electron chi connectivity index (χ0n) is 10.1. The number of aromatic carboxylic acids is 1. The third kappa shape index (κ3) is 2.42. The van der Waals surface area contributed by atoms with Crippen molar-refractivity contribution in [2.75, 3.05) is 27.2 Å². The normalized spacial score (nSPS) is 18.6. The first-order valence-electron chi connectivity index (χ1n) is 5.73. The van der Waals surface area contributed by atoms with Gasteiger partial charge in [0.15, 0.2) is 0 Å². The molecular weight excluding hydrogens is 218 g/mol. The number of hydrogen-bond acceptors (Lipinski definition) is 3. The lowest BCUT2D eigenvalue weighted by atomic mass is 9.91. The molecule has 0 aromatic heterocycles. The number of fused-ring (bicyclic) bond motifs is 1. The summed E-state index contributed by atoms with van der Waals surface area (Å²) in [6.07, 6.45) is 0.939. The zero-order valence-corrected chi connectivity index (χ0v) is 10.1. The molecule has 0 fully saturated rings. The van der Waals surface area contributed by atoms with Crippen LogP contribution in [0.15, 0.2) is 18.2 Å². The van der Waals surface area contributed by atoms with Gasteiger partial charge >= 0.3 is 5.97 Å². The van der Waals surface area contributed by atoms with Crippen LogP contribution in [0.5, 0.6) is 5.75 Å². The third-order valence-electron chi connectivity index (χ3n) is 3.01. The molecule has 2 rings (SSSR count). The van der Waals surface area contributed by atoms with Crippen molar-refractivity contribution < 1.29 is 14.6 Å². The fourth-order valence-electron chi connectivity index (χ4n) is 2.30. The van der Waals surface area contributed by atoms with Gasteiger partial charge in [0.2, 0.25) is 0 Å². The molecule has 1 atom stereocenters. The summed E-state index contributed by atoms with van der Waals surface area (Å²) in [7, 11) is 4.05. The summed E-state index contributed by atoms with van der Waals surface area (Å²) < 4.78 is 5.53. The summed E-state index contributed by atoms with van der Waals surface area (Å²) in [4.78, 5) is 13.2. The molecule has 17 heavy (non-hydrogen) atoms. The Hall–Kier alpha value is -1.55. The fraction of sp³-hybridized carbons (Fsp3) is 0.462. The Bertz CT molecular complexity index is 429. The standard InChI is InChI=1S/C13H17NO3/c1-14(2)8-9-6-7-17-12-10(9)4-3-5-11(12)13(15)16/h3-5,9H,6-8H2,1-2H3,(H,15,16). The van der Waals surface area contributed by atoms with Crippen LogP contribution in [0.2, 0.25) is 0 Å². The van der Waals surface area contributed by atoms with Gasteiger partial charge in [-0.05, 0) is 32.1 Å². The minimum atomic E-state index is -0.924. The number of carboxylic acid groups (broad SMARTS) is 1. The van der Waals surface area contributed by atoms with Gasteiger partial charge in [0, 0.05) is 12.5 Å². The van der Waals surface area contributed by atoms with Crippen LogP contribution < -0.4 is 4.74 Å². The van der Waals surface area contributed by atoms with E-state index in [1.807, 2.05) is 20.2 Å². The van der Waals surface area contributed by atoms with Crippen molar-refractivity contribution >= 4 is 5.97 Å². The lowest BCUT2D eigenvalue weighted by Crippen LogP contribution is -2.26. The van der Waals surface area contributed by atoms with E-state index in [4.69, 9.17) is 9.84 Å². The van der Waals surface area contributed by atoms with Crippen molar-refractivity contribution in [3.8, 4) is 5.75 Å². The minimum absolute atomic E-state index is 0.269. The topological polar surface area (TPSA) is 49.8 Å². The van der Waals surface area contributed by atoms with E-state index in [2.05, 4.69) is 4.90 Å². The van der Waals surface area contributed by atoms with E-state index < -0.39 is 5.97 Å². The highest BCUT2D eigenvalue weighted by molar-refractivity contribution is 5.91. The van der Waals surface area contributed by atoms with Gasteiger partial charge in [0.1, 0.15) is 11.3 Å². The van der Waals surface area contributed by atoms with Gasteiger partial charge in [0.05, 0.1) is 6.61 Å². The summed E-state index contributed by atoms with van der Waals surface area (Å²) >= 11 is 0. The molecule has 1 aliphatic rings. The van der Waals surface area contributed by atoms with Crippen molar-refractivity contribution in [2.45, 2.75) is 12.3 Å². The third-order valence-corrected chi connectivity index (χ3v) is 3.01. The van der Waals surface area contributed by atoms with Crippen LogP contribution in [0.4, 0.5) is 0 Å². The van der Waals surface area contributed by atoms with Gasteiger partial charge in [-0.1, -0.05) is 12.1 Å². The Morgan fingerprint density at radius 1 is 1.53 bits per heavy atom. The molecule has 1 heterocycles. The zero-order chi connectivity index (χ0) is 12.4. The molecule has 0 amide bonds. The Morgan fingerprint density at radius 3 is 2.94 bits per heavy atom. The smallest absolute Gasteiger partial charge is 0.339 e. The van der Waals surface area contributed by atoms with Crippen LogP contribution in [0.3, 0.4) is 0 Å². The number of likely N-dealkylation sites (N-methyl/N-ethyl adjacent to an activating group) is 1. The molecule has 0 saturated heterocycles. The van der Waals surface area contributed by atoms with E-state index in [1.165, 1.54) is 0 Å². The summed E-state index contributed by atoms with van der Waals surface area (Å²) in [6, 6.07) is 5.36. The highest BCUT2D eigenvalue weighted by Gasteiger charge is 2.25. The Balaban J connectivity index is 2.38. The number of carbonyl (C=O) groups is 1. The Kier molecular flexibility index (Phi) is 3.33. The molecule has 1 unspecified atom stereocenters. The highest BCUT2D eigenvalue weighted by Crippen LogP contribution is 2.36. The molecule has 4 nitrogen and oxygen atoms in total. The first-order chi connectivity index (χ1) is 8.09. The predicted octanol–water partition coefficient (Wildman–Crippen LogP) is 1.81. The summed E-state index contributed by atoms with van der Waals surface area (Å²) in [6.45, 7) is 1.51. The molecule has 1 aromatic rings. The average Bonchev–Trinajstić information content (AvgIpc) is 2.28. The molecule has 0 spiro atoms. The average molecular weight is 235 g/mol. The minimum Gasteiger partial charge on any atom is -0.492 e. The van der Waals surface area contributed by atoms with Crippen molar-refractivity contribution in [3.63, 3.8) is 0 Å². The molecule has 1 aromatic carbocycles.